The van der Waals surface area contributed by atoms with Crippen molar-refractivity contribution < 1.29 is 9.59 Å². The van der Waals surface area contributed by atoms with E-state index in [-0.39, 0.29) is 29.7 Å². The van der Waals surface area contributed by atoms with Crippen LogP contribution in [0.2, 0.25) is 0 Å². The molecule has 0 aliphatic heterocycles. The number of rotatable bonds is 8. The summed E-state index contributed by atoms with van der Waals surface area (Å²) in [7, 11) is 3.94. The van der Waals surface area contributed by atoms with Crippen molar-refractivity contribution in [1.82, 2.24) is 15.1 Å². The summed E-state index contributed by atoms with van der Waals surface area (Å²) in [4.78, 5) is 28.8. The van der Waals surface area contributed by atoms with Crippen LogP contribution in [0.5, 0.6) is 0 Å². The van der Waals surface area contributed by atoms with E-state index in [2.05, 4.69) is 5.32 Å². The summed E-state index contributed by atoms with van der Waals surface area (Å²) in [6.07, 6.45) is 0.671. The third-order valence-electron chi connectivity index (χ3n) is 4.40. The standard InChI is InChI=1S/C19H29N3O2/c1-14(2)22(13-15-8-6-5-7-9-15)19(24)17-12-16(17)18(23)20-10-11-21(3)4/h5-9,14,16-17H,10-13H2,1-4H3,(H,20,23). The lowest BCUT2D eigenvalue weighted by molar-refractivity contribution is -0.136. The van der Waals surface area contributed by atoms with Gasteiger partial charge in [-0.1, -0.05) is 30.3 Å². The van der Waals surface area contributed by atoms with Crippen molar-refractivity contribution in [2.75, 3.05) is 27.2 Å². The van der Waals surface area contributed by atoms with Crippen LogP contribution in [0.15, 0.2) is 30.3 Å². The third kappa shape index (κ3) is 5.06. The van der Waals surface area contributed by atoms with Crippen molar-refractivity contribution >= 4 is 11.8 Å². The molecule has 1 aliphatic carbocycles. The molecule has 24 heavy (non-hydrogen) atoms. The van der Waals surface area contributed by atoms with Gasteiger partial charge in [0.25, 0.3) is 0 Å². The van der Waals surface area contributed by atoms with Crippen LogP contribution in [0.3, 0.4) is 0 Å². The molecule has 0 heterocycles. The van der Waals surface area contributed by atoms with E-state index in [0.717, 1.165) is 12.1 Å². The quantitative estimate of drug-likeness (QED) is 0.789. The van der Waals surface area contributed by atoms with E-state index in [4.69, 9.17) is 0 Å². The molecule has 1 fully saturated rings. The van der Waals surface area contributed by atoms with E-state index in [1.54, 1.807) is 0 Å². The van der Waals surface area contributed by atoms with Gasteiger partial charge in [-0.3, -0.25) is 9.59 Å². The Kier molecular flexibility index (Phi) is 6.37. The maximum atomic E-state index is 12.8. The molecule has 0 bridgehead atoms. The number of likely N-dealkylation sites (N-methyl/N-ethyl adjacent to an activating group) is 1. The lowest BCUT2D eigenvalue weighted by Crippen LogP contribution is -2.39. The maximum absolute atomic E-state index is 12.8. The van der Waals surface area contributed by atoms with Gasteiger partial charge in [-0.15, -0.1) is 0 Å². The second-order valence-electron chi connectivity index (χ2n) is 7.09. The molecule has 1 saturated carbocycles. The molecule has 0 aromatic heterocycles. The highest BCUT2D eigenvalue weighted by atomic mass is 16.2. The molecule has 2 unspecified atom stereocenters. The zero-order valence-electron chi connectivity index (χ0n) is 15.2. The Bertz CT molecular complexity index is 557. The van der Waals surface area contributed by atoms with E-state index in [1.165, 1.54) is 0 Å². The Morgan fingerprint density at radius 1 is 1.17 bits per heavy atom. The number of nitrogens with zero attached hydrogens (tertiary/aromatic N) is 2. The molecule has 2 atom stereocenters. The first-order valence-corrected chi connectivity index (χ1v) is 8.67. The number of hydrogen-bond donors (Lipinski definition) is 1. The van der Waals surface area contributed by atoms with Crippen LogP contribution in [0, 0.1) is 11.8 Å². The van der Waals surface area contributed by atoms with Crippen molar-refractivity contribution in [3.05, 3.63) is 35.9 Å². The van der Waals surface area contributed by atoms with Gasteiger partial charge >= 0.3 is 0 Å². The Balaban J connectivity index is 1.89. The van der Waals surface area contributed by atoms with Gasteiger partial charge in [0.15, 0.2) is 0 Å². The Morgan fingerprint density at radius 3 is 2.42 bits per heavy atom. The third-order valence-corrected chi connectivity index (χ3v) is 4.40. The fourth-order valence-corrected chi connectivity index (χ4v) is 2.80. The fourth-order valence-electron chi connectivity index (χ4n) is 2.80. The van der Waals surface area contributed by atoms with Crippen LogP contribution in [0.1, 0.15) is 25.8 Å². The highest BCUT2D eigenvalue weighted by molar-refractivity contribution is 5.92. The highest BCUT2D eigenvalue weighted by Crippen LogP contribution is 2.40. The first-order valence-electron chi connectivity index (χ1n) is 8.67. The summed E-state index contributed by atoms with van der Waals surface area (Å²) < 4.78 is 0. The molecular weight excluding hydrogens is 302 g/mol. The highest BCUT2D eigenvalue weighted by Gasteiger charge is 2.49. The minimum Gasteiger partial charge on any atom is -0.355 e. The lowest BCUT2D eigenvalue weighted by atomic mass is 10.1. The van der Waals surface area contributed by atoms with E-state index in [1.807, 2.05) is 68.1 Å². The molecule has 1 aromatic carbocycles. The SMILES string of the molecule is CC(C)N(Cc1ccccc1)C(=O)C1CC1C(=O)NCCN(C)C. The van der Waals surface area contributed by atoms with Gasteiger partial charge in [0, 0.05) is 25.7 Å². The van der Waals surface area contributed by atoms with Gasteiger partial charge in [-0.25, -0.2) is 0 Å². The average Bonchev–Trinajstić information content (AvgIpc) is 3.33. The number of hydrogen-bond acceptors (Lipinski definition) is 3. The maximum Gasteiger partial charge on any atom is 0.227 e. The lowest BCUT2D eigenvalue weighted by Gasteiger charge is -2.27. The first kappa shape index (κ1) is 18.5. The molecule has 132 valence electrons. The molecule has 0 saturated heterocycles. The molecule has 2 amide bonds. The van der Waals surface area contributed by atoms with Crippen molar-refractivity contribution in [1.29, 1.82) is 0 Å². The van der Waals surface area contributed by atoms with Gasteiger partial charge in [0.2, 0.25) is 11.8 Å². The van der Waals surface area contributed by atoms with Crippen LogP contribution in [-0.4, -0.2) is 54.8 Å². The minimum absolute atomic E-state index is 0.0126. The van der Waals surface area contributed by atoms with Crippen molar-refractivity contribution in [3.8, 4) is 0 Å². The van der Waals surface area contributed by atoms with Gasteiger partial charge < -0.3 is 15.1 Å². The summed E-state index contributed by atoms with van der Waals surface area (Å²) in [5.74, 6) is -0.201. The minimum atomic E-state index is -0.157. The van der Waals surface area contributed by atoms with Crippen molar-refractivity contribution in [3.63, 3.8) is 0 Å². The first-order chi connectivity index (χ1) is 11.4. The Hall–Kier alpha value is -1.88. The zero-order chi connectivity index (χ0) is 17.7. The molecule has 1 aromatic rings. The monoisotopic (exact) mass is 331 g/mol. The molecule has 2 rings (SSSR count). The second-order valence-corrected chi connectivity index (χ2v) is 7.09. The summed E-state index contributed by atoms with van der Waals surface area (Å²) in [6, 6.07) is 10.1. The second kappa shape index (κ2) is 8.29. The summed E-state index contributed by atoms with van der Waals surface area (Å²) in [5.41, 5.74) is 1.12. The smallest absolute Gasteiger partial charge is 0.227 e. The predicted octanol–water partition coefficient (Wildman–Crippen LogP) is 1.74. The fraction of sp³-hybridized carbons (Fsp3) is 0.579. The molecule has 1 N–H and O–H groups in total. The molecular formula is C19H29N3O2. The number of nitrogens with one attached hydrogen (secondary N) is 1. The van der Waals surface area contributed by atoms with Crippen LogP contribution in [0.25, 0.3) is 0 Å². The number of carbonyl (C=O) groups is 2. The van der Waals surface area contributed by atoms with Gasteiger partial charge in [0.05, 0.1) is 11.8 Å². The summed E-state index contributed by atoms with van der Waals surface area (Å²) in [5, 5.41) is 2.93. The topological polar surface area (TPSA) is 52.7 Å². The van der Waals surface area contributed by atoms with Gasteiger partial charge in [-0.2, -0.15) is 0 Å². The molecule has 5 heteroatoms. The number of carbonyl (C=O) groups excluding carboxylic acids is 2. The number of amides is 2. The Labute approximate surface area is 145 Å². The van der Waals surface area contributed by atoms with Gasteiger partial charge in [0.1, 0.15) is 0 Å². The molecule has 5 nitrogen and oxygen atoms in total. The van der Waals surface area contributed by atoms with Crippen molar-refractivity contribution in [2.24, 2.45) is 11.8 Å². The summed E-state index contributed by atoms with van der Waals surface area (Å²) in [6.45, 7) is 6.08. The molecule has 0 spiro atoms. The Morgan fingerprint density at radius 2 is 1.83 bits per heavy atom. The van der Waals surface area contributed by atoms with Crippen LogP contribution < -0.4 is 5.32 Å². The normalized spacial score (nSPS) is 19.4. The molecule has 1 aliphatic rings. The largest absolute Gasteiger partial charge is 0.355 e. The van der Waals surface area contributed by atoms with E-state index >= 15 is 0 Å². The summed E-state index contributed by atoms with van der Waals surface area (Å²) >= 11 is 0. The van der Waals surface area contributed by atoms with Crippen LogP contribution in [0.4, 0.5) is 0 Å². The van der Waals surface area contributed by atoms with Gasteiger partial charge in [-0.05, 0) is 39.9 Å². The number of benzene rings is 1. The van der Waals surface area contributed by atoms with Crippen molar-refractivity contribution in [2.45, 2.75) is 32.9 Å². The molecule has 0 radical (unpaired) electrons. The van der Waals surface area contributed by atoms with E-state index in [0.29, 0.717) is 19.5 Å². The zero-order valence-corrected chi connectivity index (χ0v) is 15.2. The van der Waals surface area contributed by atoms with E-state index < -0.39 is 0 Å². The van der Waals surface area contributed by atoms with Crippen LogP contribution >= 0.6 is 0 Å². The predicted molar refractivity (Wildman–Crippen MR) is 95.3 cm³/mol. The average molecular weight is 331 g/mol. The van der Waals surface area contributed by atoms with Crippen LogP contribution in [-0.2, 0) is 16.1 Å². The van der Waals surface area contributed by atoms with E-state index in [9.17, 15) is 9.59 Å².